The number of hydrogen-bond acceptors (Lipinski definition) is 7. The van der Waals surface area contributed by atoms with Gasteiger partial charge >= 0.3 is 0 Å². The van der Waals surface area contributed by atoms with Crippen LogP contribution in [0, 0.1) is 0 Å². The van der Waals surface area contributed by atoms with Crippen molar-refractivity contribution in [2.75, 3.05) is 17.3 Å². The molecule has 1 aliphatic rings. The molecule has 1 heterocycles. The third-order valence-electron chi connectivity index (χ3n) is 6.44. The van der Waals surface area contributed by atoms with Crippen LogP contribution in [0.5, 0.6) is 0 Å². The van der Waals surface area contributed by atoms with E-state index in [1.807, 2.05) is 74.5 Å². The van der Waals surface area contributed by atoms with Crippen LogP contribution in [0.1, 0.15) is 25.0 Å². The van der Waals surface area contributed by atoms with Gasteiger partial charge in [-0.15, -0.1) is 0 Å². The van der Waals surface area contributed by atoms with Crippen molar-refractivity contribution in [2.45, 2.75) is 55.6 Å². The lowest BCUT2D eigenvalue weighted by Gasteiger charge is -2.33. The summed E-state index contributed by atoms with van der Waals surface area (Å²) < 4.78 is -0.671. The minimum Gasteiger partial charge on any atom is -0.368 e. The maximum Gasteiger partial charge on any atom is 0.244 e. The molecule has 3 rings (SSSR count). The van der Waals surface area contributed by atoms with Crippen LogP contribution in [0.2, 0.25) is 0 Å². The summed E-state index contributed by atoms with van der Waals surface area (Å²) in [6.07, 6.45) is 0.520. The summed E-state index contributed by atoms with van der Waals surface area (Å²) in [7, 11) is 0. The highest BCUT2D eigenvalue weighted by molar-refractivity contribution is 8.03. The largest absolute Gasteiger partial charge is 0.368 e. The Kier molecular flexibility index (Phi) is 11.3. The standard InChI is InChI=1S/C28H37N5O4S2/c1-28(2)23(24(30)34)33-26(36)21(16-19-11-7-4-8-12-19)31-27(37)22(17-38-13-14-39-28)32-25(35)20(29)15-18-9-5-3-6-10-18/h3-12,20-23H,13-17,29H2,1-2H3,(H2,30,34)(H,31,37)(H,32,35)(H,33,36)/t20-,21-,22?,23-/m0/s1. The third-order valence-corrected chi connectivity index (χ3v) is 9.14. The molecule has 2 aromatic carbocycles. The minimum atomic E-state index is -0.995. The Morgan fingerprint density at radius 1 is 0.974 bits per heavy atom. The second-order valence-corrected chi connectivity index (χ2v) is 12.9. The Balaban J connectivity index is 1.82. The summed E-state index contributed by atoms with van der Waals surface area (Å²) in [5.74, 6) is -0.502. The van der Waals surface area contributed by atoms with Gasteiger partial charge in [0.25, 0.3) is 0 Å². The normalized spacial score (nSPS) is 23.1. The summed E-state index contributed by atoms with van der Waals surface area (Å²) in [5, 5.41) is 8.37. The Morgan fingerprint density at radius 2 is 1.59 bits per heavy atom. The molecule has 7 N–H and O–H groups in total. The van der Waals surface area contributed by atoms with E-state index in [1.165, 1.54) is 23.5 Å². The maximum atomic E-state index is 13.5. The van der Waals surface area contributed by atoms with E-state index in [4.69, 9.17) is 11.5 Å². The molecule has 9 nitrogen and oxygen atoms in total. The molecule has 0 aromatic heterocycles. The van der Waals surface area contributed by atoms with Crippen LogP contribution in [-0.4, -0.2) is 69.8 Å². The fraction of sp³-hybridized carbons (Fsp3) is 0.429. The van der Waals surface area contributed by atoms with Gasteiger partial charge in [-0.25, -0.2) is 0 Å². The molecule has 39 heavy (non-hydrogen) atoms. The first-order valence-corrected chi connectivity index (χ1v) is 15.0. The smallest absolute Gasteiger partial charge is 0.244 e. The highest BCUT2D eigenvalue weighted by Gasteiger charge is 2.38. The van der Waals surface area contributed by atoms with E-state index in [0.29, 0.717) is 23.7 Å². The van der Waals surface area contributed by atoms with E-state index in [2.05, 4.69) is 16.0 Å². The molecular formula is C28H37N5O4S2. The number of rotatable bonds is 7. The first kappa shape index (κ1) is 30.5. The van der Waals surface area contributed by atoms with Crippen molar-refractivity contribution in [3.63, 3.8) is 0 Å². The van der Waals surface area contributed by atoms with E-state index in [1.54, 1.807) is 0 Å². The Morgan fingerprint density at radius 3 is 2.21 bits per heavy atom. The first-order chi connectivity index (χ1) is 18.6. The van der Waals surface area contributed by atoms with Crippen LogP contribution in [-0.2, 0) is 32.0 Å². The Labute approximate surface area is 238 Å². The van der Waals surface area contributed by atoms with Crippen LogP contribution < -0.4 is 27.4 Å². The predicted octanol–water partition coefficient (Wildman–Crippen LogP) is 0.997. The zero-order valence-corrected chi connectivity index (χ0v) is 23.9. The van der Waals surface area contributed by atoms with Gasteiger partial charge < -0.3 is 27.4 Å². The topological polar surface area (TPSA) is 156 Å². The maximum absolute atomic E-state index is 13.5. The van der Waals surface area contributed by atoms with Crippen LogP contribution in [0.25, 0.3) is 0 Å². The second kappa shape index (κ2) is 14.4. The summed E-state index contributed by atoms with van der Waals surface area (Å²) >= 11 is 3.02. The molecule has 1 saturated heterocycles. The highest BCUT2D eigenvalue weighted by atomic mass is 32.2. The number of nitrogens with one attached hydrogen (secondary N) is 3. The molecule has 0 saturated carbocycles. The van der Waals surface area contributed by atoms with Crippen LogP contribution in [0.15, 0.2) is 60.7 Å². The monoisotopic (exact) mass is 571 g/mol. The molecule has 0 bridgehead atoms. The van der Waals surface area contributed by atoms with E-state index in [0.717, 1.165) is 11.1 Å². The lowest BCUT2D eigenvalue weighted by atomic mass is 10.00. The van der Waals surface area contributed by atoms with Gasteiger partial charge in [-0.2, -0.15) is 23.5 Å². The quantitative estimate of drug-likeness (QED) is 0.332. The summed E-state index contributed by atoms with van der Waals surface area (Å²) in [6.45, 7) is 3.72. The molecule has 11 heteroatoms. The van der Waals surface area contributed by atoms with E-state index in [-0.39, 0.29) is 6.42 Å². The van der Waals surface area contributed by atoms with Crippen molar-refractivity contribution in [1.82, 2.24) is 16.0 Å². The van der Waals surface area contributed by atoms with Crippen molar-refractivity contribution in [3.8, 4) is 0 Å². The van der Waals surface area contributed by atoms with Crippen LogP contribution in [0.4, 0.5) is 0 Å². The Hall–Kier alpha value is -3.02. The second-order valence-electron chi connectivity index (χ2n) is 9.98. The predicted molar refractivity (Wildman–Crippen MR) is 157 cm³/mol. The summed E-state index contributed by atoms with van der Waals surface area (Å²) in [6, 6.07) is 15.0. The lowest BCUT2D eigenvalue weighted by molar-refractivity contribution is -0.133. The summed E-state index contributed by atoms with van der Waals surface area (Å²) in [5.41, 5.74) is 13.6. The molecule has 1 fully saturated rings. The molecular weight excluding hydrogens is 534 g/mol. The van der Waals surface area contributed by atoms with Crippen LogP contribution in [0.3, 0.4) is 0 Å². The zero-order valence-electron chi connectivity index (χ0n) is 22.2. The average molecular weight is 572 g/mol. The molecule has 2 aromatic rings. The molecule has 1 unspecified atom stereocenters. The molecule has 0 radical (unpaired) electrons. The van der Waals surface area contributed by atoms with E-state index >= 15 is 0 Å². The van der Waals surface area contributed by atoms with Crippen molar-refractivity contribution in [3.05, 3.63) is 71.8 Å². The number of amides is 4. The van der Waals surface area contributed by atoms with Gasteiger partial charge in [-0.1, -0.05) is 60.7 Å². The SMILES string of the molecule is CC1(C)SCCSCC(NC(=O)[C@@H](N)Cc2ccccc2)C(=O)N[C@@H](Cc2ccccc2)C(=O)N[C@H]1C(N)=O. The van der Waals surface area contributed by atoms with Crippen molar-refractivity contribution in [1.29, 1.82) is 0 Å². The molecule has 210 valence electrons. The number of carbonyl (C=O) groups excluding carboxylic acids is 4. The van der Waals surface area contributed by atoms with Crippen molar-refractivity contribution < 1.29 is 19.2 Å². The van der Waals surface area contributed by atoms with Crippen molar-refractivity contribution >= 4 is 47.2 Å². The minimum absolute atomic E-state index is 0.193. The van der Waals surface area contributed by atoms with Gasteiger partial charge in [0.15, 0.2) is 0 Å². The fourth-order valence-corrected chi connectivity index (χ4v) is 6.54. The van der Waals surface area contributed by atoms with Gasteiger partial charge in [-0.05, 0) is 31.4 Å². The third kappa shape index (κ3) is 9.29. The van der Waals surface area contributed by atoms with Gasteiger partial charge in [0, 0.05) is 28.4 Å². The fourth-order valence-electron chi connectivity index (χ4n) is 4.23. The van der Waals surface area contributed by atoms with Gasteiger partial charge in [0.05, 0.1) is 6.04 Å². The van der Waals surface area contributed by atoms with E-state index < -0.39 is 52.5 Å². The van der Waals surface area contributed by atoms with Crippen molar-refractivity contribution in [2.24, 2.45) is 11.5 Å². The van der Waals surface area contributed by atoms with Crippen LogP contribution >= 0.6 is 23.5 Å². The summed E-state index contributed by atoms with van der Waals surface area (Å²) in [4.78, 5) is 52.2. The number of carbonyl (C=O) groups is 4. The van der Waals surface area contributed by atoms with E-state index in [9.17, 15) is 19.2 Å². The number of primary amides is 1. The number of benzene rings is 2. The number of hydrogen-bond donors (Lipinski definition) is 5. The van der Waals surface area contributed by atoms with Gasteiger partial charge in [0.1, 0.15) is 18.1 Å². The van der Waals surface area contributed by atoms with Gasteiger partial charge in [0.2, 0.25) is 23.6 Å². The molecule has 4 amide bonds. The molecule has 1 aliphatic heterocycles. The number of nitrogens with two attached hydrogens (primary N) is 2. The first-order valence-electron chi connectivity index (χ1n) is 12.8. The van der Waals surface area contributed by atoms with Gasteiger partial charge in [-0.3, -0.25) is 19.2 Å². The lowest BCUT2D eigenvalue weighted by Crippen LogP contribution is -2.61. The highest BCUT2D eigenvalue weighted by Crippen LogP contribution is 2.29. The average Bonchev–Trinajstić information content (AvgIpc) is 2.91. The molecule has 0 aliphatic carbocycles. The molecule has 4 atom stereocenters. The number of thioether (sulfide) groups is 2. The Bertz CT molecular complexity index is 1130. The zero-order chi connectivity index (χ0) is 28.4. The molecule has 0 spiro atoms.